The van der Waals surface area contributed by atoms with Crippen LogP contribution in [0.3, 0.4) is 0 Å². The first-order valence-corrected chi connectivity index (χ1v) is 17.9. The Balaban J connectivity index is 5.74. The third-order valence-electron chi connectivity index (χ3n) is 7.07. The minimum atomic E-state index is -1.19. The molecule has 0 heterocycles. The molecule has 46 heavy (non-hydrogen) atoms. The Morgan fingerprint density at radius 3 is 1.74 bits per heavy atom. The van der Waals surface area contributed by atoms with Crippen LogP contribution in [0.1, 0.15) is 59.8 Å². The molecule has 0 aliphatic heterocycles. The summed E-state index contributed by atoms with van der Waals surface area (Å²) >= 11 is 2.97. The van der Waals surface area contributed by atoms with E-state index in [0.29, 0.717) is 30.8 Å². The molecule has 0 rings (SSSR count). The van der Waals surface area contributed by atoms with Gasteiger partial charge in [-0.05, 0) is 69.5 Å². The van der Waals surface area contributed by atoms with E-state index in [0.717, 1.165) is 0 Å². The van der Waals surface area contributed by atoms with Gasteiger partial charge in [0.1, 0.15) is 30.2 Å². The van der Waals surface area contributed by atoms with Crippen molar-refractivity contribution >= 4 is 65.0 Å². The fourth-order valence-corrected chi connectivity index (χ4v) is 4.91. The number of rotatable bonds is 23. The monoisotopic (exact) mass is 691 g/mol. The van der Waals surface area contributed by atoms with Gasteiger partial charge >= 0.3 is 5.97 Å². The smallest absolute Gasteiger partial charge is 0.326 e. The number of aliphatic imine (C=N–C) groups is 1. The van der Waals surface area contributed by atoms with Gasteiger partial charge in [-0.3, -0.25) is 29.0 Å². The summed E-state index contributed by atoms with van der Waals surface area (Å²) < 4.78 is 0. The molecule has 0 bridgehead atoms. The second-order valence-electron chi connectivity index (χ2n) is 10.9. The largest absolute Gasteiger partial charge is 0.480 e. The Morgan fingerprint density at radius 2 is 1.24 bits per heavy atom. The van der Waals surface area contributed by atoms with Crippen molar-refractivity contribution < 1.29 is 33.9 Å². The van der Waals surface area contributed by atoms with Crippen molar-refractivity contribution in [2.24, 2.45) is 28.1 Å². The van der Waals surface area contributed by atoms with Crippen LogP contribution in [-0.2, 0) is 28.8 Å². The highest BCUT2D eigenvalue weighted by Gasteiger charge is 2.33. The van der Waals surface area contributed by atoms with Gasteiger partial charge in [-0.15, -0.1) is 0 Å². The van der Waals surface area contributed by atoms with Crippen LogP contribution in [-0.4, -0.2) is 113 Å². The number of nitrogens with one attached hydrogen (secondary N) is 5. The molecule has 16 nitrogen and oxygen atoms in total. The number of thioether (sulfide) groups is 2. The third kappa shape index (κ3) is 16.9. The van der Waals surface area contributed by atoms with E-state index in [4.69, 9.17) is 17.2 Å². The molecule has 0 saturated heterocycles. The number of carboxylic acids is 1. The molecule has 0 aliphatic carbocycles. The summed E-state index contributed by atoms with van der Waals surface area (Å²) in [5.74, 6) is -3.69. The molecule has 0 aromatic rings. The normalized spacial score (nSPS) is 15.5. The molecule has 5 amide bonds. The highest BCUT2D eigenvalue weighted by molar-refractivity contribution is 7.98. The number of carbonyl (C=O) groups excluding carboxylic acids is 5. The number of nitrogens with zero attached hydrogens (tertiary/aromatic N) is 1. The SMILES string of the molecule is CCC(C)C(NC(=O)C(CCCN=C(N)N)NC(=O)C(C)NC(=O)C(N)CCSC)C(=O)NC(C)C(=O)NC(CCSC)C(=O)O. The molecular formula is C28H53N9O7S2. The first kappa shape index (κ1) is 42.8. The second kappa shape index (κ2) is 23.1. The van der Waals surface area contributed by atoms with Gasteiger partial charge in [-0.1, -0.05) is 20.3 Å². The summed E-state index contributed by atoms with van der Waals surface area (Å²) in [6.45, 7) is 6.60. The lowest BCUT2D eigenvalue weighted by Gasteiger charge is -2.28. The lowest BCUT2D eigenvalue weighted by molar-refractivity contribution is -0.142. The molecule has 0 radical (unpaired) electrons. The first-order valence-electron chi connectivity index (χ1n) is 15.1. The van der Waals surface area contributed by atoms with Crippen molar-refractivity contribution in [2.75, 3.05) is 30.6 Å². The van der Waals surface area contributed by atoms with E-state index in [2.05, 4.69) is 31.6 Å². The molecule has 18 heteroatoms. The highest BCUT2D eigenvalue weighted by atomic mass is 32.2. The molecule has 0 fully saturated rings. The predicted octanol–water partition coefficient (Wildman–Crippen LogP) is -1.53. The van der Waals surface area contributed by atoms with Gasteiger partial charge in [0.05, 0.1) is 6.04 Å². The maximum absolute atomic E-state index is 13.5. The minimum absolute atomic E-state index is 0.0997. The van der Waals surface area contributed by atoms with Gasteiger partial charge in [-0.2, -0.15) is 23.5 Å². The average Bonchev–Trinajstić information content (AvgIpc) is 3.00. The quantitative estimate of drug-likeness (QED) is 0.0335. The minimum Gasteiger partial charge on any atom is -0.480 e. The van der Waals surface area contributed by atoms with Crippen LogP contribution >= 0.6 is 23.5 Å². The molecule has 0 aromatic carbocycles. The second-order valence-corrected chi connectivity index (χ2v) is 12.9. The third-order valence-corrected chi connectivity index (χ3v) is 8.36. The van der Waals surface area contributed by atoms with Crippen LogP contribution in [0, 0.1) is 5.92 Å². The first-order chi connectivity index (χ1) is 21.6. The predicted molar refractivity (Wildman–Crippen MR) is 182 cm³/mol. The van der Waals surface area contributed by atoms with Crippen LogP contribution < -0.4 is 43.8 Å². The summed E-state index contributed by atoms with van der Waals surface area (Å²) in [6.07, 6.45) is 5.22. The summed E-state index contributed by atoms with van der Waals surface area (Å²) in [5.41, 5.74) is 16.7. The van der Waals surface area contributed by atoms with Crippen molar-refractivity contribution in [2.45, 2.75) is 96.1 Å². The zero-order valence-corrected chi connectivity index (χ0v) is 29.2. The molecular weight excluding hydrogens is 638 g/mol. The maximum Gasteiger partial charge on any atom is 0.326 e. The van der Waals surface area contributed by atoms with Gasteiger partial charge in [-0.25, -0.2) is 4.79 Å². The molecule has 7 atom stereocenters. The van der Waals surface area contributed by atoms with Crippen LogP contribution in [0.4, 0.5) is 0 Å². The Morgan fingerprint density at radius 1 is 0.717 bits per heavy atom. The molecule has 0 saturated carbocycles. The zero-order valence-electron chi connectivity index (χ0n) is 27.6. The van der Waals surface area contributed by atoms with Gasteiger partial charge in [0.2, 0.25) is 29.5 Å². The Labute approximate surface area is 279 Å². The van der Waals surface area contributed by atoms with Crippen molar-refractivity contribution in [1.82, 2.24) is 26.6 Å². The topological polar surface area (TPSA) is 273 Å². The van der Waals surface area contributed by atoms with E-state index >= 15 is 0 Å². The number of aliphatic carboxylic acids is 1. The van der Waals surface area contributed by atoms with Gasteiger partial charge < -0.3 is 48.9 Å². The van der Waals surface area contributed by atoms with Crippen molar-refractivity contribution in [3.8, 4) is 0 Å². The van der Waals surface area contributed by atoms with Crippen molar-refractivity contribution in [3.63, 3.8) is 0 Å². The number of hydrogen-bond donors (Lipinski definition) is 9. The molecule has 7 unspecified atom stereocenters. The van der Waals surface area contributed by atoms with E-state index < -0.39 is 71.8 Å². The maximum atomic E-state index is 13.5. The molecule has 264 valence electrons. The summed E-state index contributed by atoms with van der Waals surface area (Å²) in [4.78, 5) is 80.4. The lowest BCUT2D eigenvalue weighted by Crippen LogP contribution is -2.59. The summed E-state index contributed by atoms with van der Waals surface area (Å²) in [7, 11) is 0. The van der Waals surface area contributed by atoms with Crippen LogP contribution in [0.15, 0.2) is 4.99 Å². The van der Waals surface area contributed by atoms with Crippen LogP contribution in [0.25, 0.3) is 0 Å². The number of hydrogen-bond acceptors (Lipinski definition) is 10. The van der Waals surface area contributed by atoms with E-state index in [1.165, 1.54) is 37.4 Å². The molecule has 0 aliphatic rings. The van der Waals surface area contributed by atoms with Crippen LogP contribution in [0.5, 0.6) is 0 Å². The molecule has 0 aromatic heterocycles. The molecule has 0 spiro atoms. The van der Waals surface area contributed by atoms with Gasteiger partial charge in [0.25, 0.3) is 0 Å². The Bertz CT molecular complexity index is 1050. The highest BCUT2D eigenvalue weighted by Crippen LogP contribution is 2.11. The summed E-state index contributed by atoms with van der Waals surface area (Å²) in [5, 5.41) is 22.3. The standard InChI is InChI=1S/C28H53N9O7S2/c1-7-15(2)21(26(42)34-17(4)23(39)36-20(27(43)44)11-14-46-6)37-25(41)19(9-8-12-32-28(30)31)35-22(38)16(3)33-24(40)18(29)10-13-45-5/h15-21H,7-14,29H2,1-6H3,(H,33,40)(H,34,42)(H,35,38)(H,36,39)(H,37,41)(H,43,44)(H4,30,31,32). The fourth-order valence-electron chi connectivity index (χ4n) is 3.95. The zero-order chi connectivity index (χ0) is 35.4. The van der Waals surface area contributed by atoms with E-state index in [-0.39, 0.29) is 31.3 Å². The van der Waals surface area contributed by atoms with Gasteiger partial charge in [0.15, 0.2) is 5.96 Å². The van der Waals surface area contributed by atoms with Crippen molar-refractivity contribution in [3.05, 3.63) is 0 Å². The molecule has 12 N–H and O–H groups in total. The number of carbonyl (C=O) groups is 6. The van der Waals surface area contributed by atoms with Crippen LogP contribution in [0.2, 0.25) is 0 Å². The van der Waals surface area contributed by atoms with E-state index in [1.807, 2.05) is 19.4 Å². The van der Waals surface area contributed by atoms with E-state index in [1.54, 1.807) is 6.92 Å². The van der Waals surface area contributed by atoms with Gasteiger partial charge in [0, 0.05) is 6.54 Å². The number of nitrogens with two attached hydrogens (primary N) is 3. The Kier molecular flexibility index (Phi) is 21.5. The lowest BCUT2D eigenvalue weighted by atomic mass is 9.97. The summed E-state index contributed by atoms with van der Waals surface area (Å²) in [6, 6.07) is -6.26. The Hall–Kier alpha value is -3.25. The number of carboxylic acid groups (broad SMARTS) is 1. The average molecular weight is 692 g/mol. The van der Waals surface area contributed by atoms with E-state index in [9.17, 15) is 33.9 Å². The fraction of sp³-hybridized carbons (Fsp3) is 0.750. The number of amides is 5. The number of guanidine groups is 1. The van der Waals surface area contributed by atoms with Crippen molar-refractivity contribution in [1.29, 1.82) is 0 Å².